The molecule has 2 aromatic rings. The summed E-state index contributed by atoms with van der Waals surface area (Å²) in [6, 6.07) is 3.73. The maximum atomic E-state index is 12.6. The smallest absolute Gasteiger partial charge is 0.252 e. The molecule has 3 heterocycles. The van der Waals surface area contributed by atoms with Crippen LogP contribution < -0.4 is 10.2 Å². The molecule has 178 valence electrons. The molecule has 4 rings (SSSR count). The normalized spacial score (nSPS) is 17.2. The number of rotatable bonds is 9. The fraction of sp³-hybridized carbons (Fsp3) is 0.600. The Balaban J connectivity index is 1.16. The molecule has 2 aliphatic rings. The number of hydrogen-bond donors (Lipinski definition) is 1. The van der Waals surface area contributed by atoms with E-state index in [1.165, 1.54) is 32.1 Å². The Bertz CT molecular complexity index is 869. The summed E-state index contributed by atoms with van der Waals surface area (Å²) in [5, 5.41) is 2.94. The van der Waals surface area contributed by atoms with Crippen molar-refractivity contribution in [1.29, 1.82) is 0 Å². The molecule has 0 radical (unpaired) electrons. The summed E-state index contributed by atoms with van der Waals surface area (Å²) >= 11 is 0. The first-order chi connectivity index (χ1) is 16.2. The van der Waals surface area contributed by atoms with Crippen molar-refractivity contribution in [3.8, 4) is 0 Å². The Morgan fingerprint density at radius 2 is 1.88 bits per heavy atom. The second kappa shape index (κ2) is 11.8. The summed E-state index contributed by atoms with van der Waals surface area (Å²) < 4.78 is 1.99. The van der Waals surface area contributed by atoms with Crippen LogP contribution in [0.5, 0.6) is 0 Å². The van der Waals surface area contributed by atoms with Crippen molar-refractivity contribution in [2.24, 2.45) is 5.92 Å². The van der Waals surface area contributed by atoms with Crippen molar-refractivity contribution >= 4 is 17.6 Å². The molecule has 8 heteroatoms. The molecule has 8 nitrogen and oxygen atoms in total. The van der Waals surface area contributed by atoms with Gasteiger partial charge in [-0.25, -0.2) is 9.97 Å². The van der Waals surface area contributed by atoms with Crippen LogP contribution in [-0.2, 0) is 11.3 Å². The van der Waals surface area contributed by atoms with Crippen molar-refractivity contribution in [3.05, 3.63) is 42.6 Å². The Morgan fingerprint density at radius 1 is 1.06 bits per heavy atom. The lowest BCUT2D eigenvalue weighted by Gasteiger charge is -2.35. The van der Waals surface area contributed by atoms with Crippen LogP contribution in [0.1, 0.15) is 61.7 Å². The monoisotopic (exact) mass is 452 g/mol. The predicted octanol–water partition coefficient (Wildman–Crippen LogP) is 3.11. The number of hydrogen-bond acceptors (Lipinski definition) is 5. The van der Waals surface area contributed by atoms with E-state index in [0.29, 0.717) is 24.4 Å². The van der Waals surface area contributed by atoms with Crippen LogP contribution in [0.25, 0.3) is 0 Å². The van der Waals surface area contributed by atoms with E-state index >= 15 is 0 Å². The van der Waals surface area contributed by atoms with E-state index < -0.39 is 0 Å². The van der Waals surface area contributed by atoms with Gasteiger partial charge in [-0.15, -0.1) is 0 Å². The van der Waals surface area contributed by atoms with Gasteiger partial charge in [-0.05, 0) is 30.9 Å². The molecule has 0 spiro atoms. The van der Waals surface area contributed by atoms with E-state index in [1.54, 1.807) is 18.7 Å². The van der Waals surface area contributed by atoms with E-state index in [9.17, 15) is 9.59 Å². The van der Waals surface area contributed by atoms with Gasteiger partial charge in [0, 0.05) is 64.3 Å². The van der Waals surface area contributed by atoms with Gasteiger partial charge in [0.2, 0.25) is 5.91 Å². The van der Waals surface area contributed by atoms with Crippen LogP contribution in [0.3, 0.4) is 0 Å². The minimum atomic E-state index is -0.104. The number of aryl methyl sites for hydroxylation is 1. The van der Waals surface area contributed by atoms with E-state index in [-0.39, 0.29) is 5.91 Å². The molecule has 2 amide bonds. The van der Waals surface area contributed by atoms with Gasteiger partial charge in [-0.1, -0.05) is 32.1 Å². The van der Waals surface area contributed by atoms with E-state index in [2.05, 4.69) is 20.2 Å². The lowest BCUT2D eigenvalue weighted by atomic mass is 9.86. The van der Waals surface area contributed by atoms with Gasteiger partial charge in [-0.2, -0.15) is 0 Å². The van der Waals surface area contributed by atoms with Crippen molar-refractivity contribution < 1.29 is 9.59 Å². The molecule has 1 saturated carbocycles. The molecule has 1 aliphatic heterocycles. The third-order valence-corrected chi connectivity index (χ3v) is 6.90. The van der Waals surface area contributed by atoms with E-state index in [1.807, 2.05) is 27.8 Å². The summed E-state index contributed by atoms with van der Waals surface area (Å²) in [5.74, 6) is 1.81. The predicted molar refractivity (Wildman–Crippen MR) is 128 cm³/mol. The highest BCUT2D eigenvalue weighted by atomic mass is 16.2. The number of anilines is 1. The molecule has 0 aromatic carbocycles. The highest BCUT2D eigenvalue weighted by Crippen LogP contribution is 2.27. The second-order valence-corrected chi connectivity index (χ2v) is 9.23. The van der Waals surface area contributed by atoms with Gasteiger partial charge in [0.1, 0.15) is 5.82 Å². The highest BCUT2D eigenvalue weighted by Gasteiger charge is 2.23. The summed E-state index contributed by atoms with van der Waals surface area (Å²) in [5.41, 5.74) is 0.568. The number of pyridine rings is 1. The zero-order valence-corrected chi connectivity index (χ0v) is 19.5. The Kier molecular flexibility index (Phi) is 8.33. The minimum absolute atomic E-state index is 0.104. The molecular weight excluding hydrogens is 416 g/mol. The quantitative estimate of drug-likeness (QED) is 0.591. The Hall–Kier alpha value is -2.90. The second-order valence-electron chi connectivity index (χ2n) is 9.23. The molecule has 1 N–H and O–H groups in total. The fourth-order valence-electron chi connectivity index (χ4n) is 4.84. The van der Waals surface area contributed by atoms with Gasteiger partial charge in [0.05, 0.1) is 11.9 Å². The van der Waals surface area contributed by atoms with Crippen molar-refractivity contribution in [3.63, 3.8) is 0 Å². The number of nitrogens with one attached hydrogen (secondary N) is 1. The maximum absolute atomic E-state index is 12.6. The number of nitrogens with zero attached hydrogens (tertiary/aromatic N) is 5. The van der Waals surface area contributed by atoms with Crippen LogP contribution in [-0.4, -0.2) is 64.0 Å². The number of carbonyl (C=O) groups excluding carboxylic acids is 2. The average Bonchev–Trinajstić information content (AvgIpc) is 3.39. The molecule has 2 aromatic heterocycles. The first kappa shape index (κ1) is 23.3. The Morgan fingerprint density at radius 3 is 2.58 bits per heavy atom. The standard InChI is InChI=1S/C25H36N6O2/c32-24(10-7-21-5-2-1-3-6-21)31-17-15-30(16-18-31)23-9-8-22(19-28-23)25(33)27-11-4-13-29-14-12-26-20-29/h8-9,12,14,19-21H,1-7,10-11,13,15-18H2,(H,27,33). The van der Waals surface area contributed by atoms with Crippen molar-refractivity contribution in [2.75, 3.05) is 37.6 Å². The summed E-state index contributed by atoms with van der Waals surface area (Å²) in [6.45, 7) is 4.47. The number of amides is 2. The van der Waals surface area contributed by atoms with Crippen LogP contribution in [0, 0.1) is 5.92 Å². The number of piperazine rings is 1. The summed E-state index contributed by atoms with van der Waals surface area (Å²) in [6.07, 6.45) is 16.3. The highest BCUT2D eigenvalue weighted by molar-refractivity contribution is 5.94. The first-order valence-corrected chi connectivity index (χ1v) is 12.4. The molecule has 1 aliphatic carbocycles. The number of carbonyl (C=O) groups is 2. The molecular formula is C25H36N6O2. The lowest BCUT2D eigenvalue weighted by molar-refractivity contribution is -0.131. The largest absolute Gasteiger partial charge is 0.353 e. The zero-order chi connectivity index (χ0) is 22.9. The molecule has 0 bridgehead atoms. The lowest BCUT2D eigenvalue weighted by Crippen LogP contribution is -2.49. The summed E-state index contributed by atoms with van der Waals surface area (Å²) in [4.78, 5) is 37.7. The van der Waals surface area contributed by atoms with Crippen molar-refractivity contribution in [2.45, 2.75) is 57.9 Å². The molecule has 33 heavy (non-hydrogen) atoms. The van der Waals surface area contributed by atoms with Crippen LogP contribution >= 0.6 is 0 Å². The average molecular weight is 453 g/mol. The number of imidazole rings is 1. The zero-order valence-electron chi connectivity index (χ0n) is 19.5. The Labute approximate surface area is 196 Å². The molecule has 1 saturated heterocycles. The maximum Gasteiger partial charge on any atom is 0.252 e. The van der Waals surface area contributed by atoms with Gasteiger partial charge < -0.3 is 19.7 Å². The summed E-state index contributed by atoms with van der Waals surface area (Å²) in [7, 11) is 0. The molecule has 0 unspecified atom stereocenters. The van der Waals surface area contributed by atoms with Gasteiger partial charge in [0.25, 0.3) is 5.91 Å². The van der Waals surface area contributed by atoms with Crippen LogP contribution in [0.4, 0.5) is 5.82 Å². The van der Waals surface area contributed by atoms with Crippen LogP contribution in [0.2, 0.25) is 0 Å². The van der Waals surface area contributed by atoms with Crippen LogP contribution in [0.15, 0.2) is 37.1 Å². The SMILES string of the molecule is O=C(NCCCn1ccnc1)c1ccc(N2CCN(C(=O)CCC3CCCCC3)CC2)nc1. The van der Waals surface area contributed by atoms with E-state index in [4.69, 9.17) is 0 Å². The third kappa shape index (κ3) is 6.79. The molecule has 2 fully saturated rings. The van der Waals surface area contributed by atoms with Gasteiger partial charge >= 0.3 is 0 Å². The van der Waals surface area contributed by atoms with Gasteiger partial charge in [0.15, 0.2) is 0 Å². The van der Waals surface area contributed by atoms with E-state index in [0.717, 1.165) is 57.3 Å². The van der Waals surface area contributed by atoms with Gasteiger partial charge in [-0.3, -0.25) is 9.59 Å². The fourth-order valence-corrected chi connectivity index (χ4v) is 4.84. The molecule has 0 atom stereocenters. The van der Waals surface area contributed by atoms with Crippen molar-refractivity contribution in [1.82, 2.24) is 24.8 Å². The number of aromatic nitrogens is 3. The minimum Gasteiger partial charge on any atom is -0.353 e. The first-order valence-electron chi connectivity index (χ1n) is 12.4. The third-order valence-electron chi connectivity index (χ3n) is 6.90. The topological polar surface area (TPSA) is 83.4 Å².